The third kappa shape index (κ3) is 3.68. The molecule has 0 unspecified atom stereocenters. The molecule has 88 valence electrons. The standard InChI is InChI=1S/C11H22N2OS/c1-3-13-7-4-10(5-8-13)12(2)11(14)6-9-15/h10,15H,3-9H2,1-2H3. The molecule has 1 heterocycles. The molecule has 1 rings (SSSR count). The summed E-state index contributed by atoms with van der Waals surface area (Å²) in [6, 6.07) is 0.445. The van der Waals surface area contributed by atoms with E-state index < -0.39 is 0 Å². The van der Waals surface area contributed by atoms with Crippen molar-refractivity contribution in [3.8, 4) is 0 Å². The zero-order chi connectivity index (χ0) is 11.3. The first-order valence-electron chi connectivity index (χ1n) is 5.78. The summed E-state index contributed by atoms with van der Waals surface area (Å²) in [5.74, 6) is 0.886. The van der Waals surface area contributed by atoms with Crippen LogP contribution in [0.1, 0.15) is 26.2 Å². The summed E-state index contributed by atoms with van der Waals surface area (Å²) in [6.07, 6.45) is 2.79. The number of amides is 1. The summed E-state index contributed by atoms with van der Waals surface area (Å²) in [4.78, 5) is 16.0. The Hall–Kier alpha value is -0.220. The average Bonchev–Trinajstić information content (AvgIpc) is 2.28. The molecule has 3 nitrogen and oxygen atoms in total. The number of likely N-dealkylation sites (tertiary alicyclic amines) is 1. The summed E-state index contributed by atoms with van der Waals surface area (Å²) in [6.45, 7) is 5.57. The van der Waals surface area contributed by atoms with Gasteiger partial charge in [-0.15, -0.1) is 0 Å². The summed E-state index contributed by atoms with van der Waals surface area (Å²) in [5.41, 5.74) is 0. The number of nitrogens with zero attached hydrogens (tertiary/aromatic N) is 2. The molecule has 15 heavy (non-hydrogen) atoms. The van der Waals surface area contributed by atoms with E-state index in [0.29, 0.717) is 18.2 Å². The van der Waals surface area contributed by atoms with E-state index in [0.717, 1.165) is 32.5 Å². The van der Waals surface area contributed by atoms with E-state index in [1.165, 1.54) is 0 Å². The van der Waals surface area contributed by atoms with Crippen LogP contribution in [0.15, 0.2) is 0 Å². The van der Waals surface area contributed by atoms with Gasteiger partial charge in [-0.05, 0) is 25.1 Å². The van der Waals surface area contributed by atoms with Gasteiger partial charge < -0.3 is 9.80 Å². The summed E-state index contributed by atoms with van der Waals surface area (Å²) < 4.78 is 0. The Kier molecular flexibility index (Phi) is 5.47. The van der Waals surface area contributed by atoms with E-state index in [1.54, 1.807) is 0 Å². The van der Waals surface area contributed by atoms with Gasteiger partial charge in [-0.3, -0.25) is 4.79 Å². The van der Waals surface area contributed by atoms with Crippen molar-refractivity contribution >= 4 is 18.5 Å². The first-order chi connectivity index (χ1) is 7.19. The Balaban J connectivity index is 2.35. The second-order valence-corrected chi connectivity index (χ2v) is 4.59. The molecule has 1 amide bonds. The van der Waals surface area contributed by atoms with Crippen LogP contribution in [-0.2, 0) is 4.79 Å². The third-order valence-electron chi connectivity index (χ3n) is 3.27. The number of carbonyl (C=O) groups is 1. The molecule has 1 aliphatic rings. The number of piperidine rings is 1. The fourth-order valence-corrected chi connectivity index (χ4v) is 2.29. The first-order valence-corrected chi connectivity index (χ1v) is 6.41. The number of thiol groups is 1. The second-order valence-electron chi connectivity index (χ2n) is 4.14. The minimum absolute atomic E-state index is 0.236. The van der Waals surface area contributed by atoms with Crippen LogP contribution in [0.2, 0.25) is 0 Å². The van der Waals surface area contributed by atoms with Crippen LogP contribution in [0, 0.1) is 0 Å². The van der Waals surface area contributed by atoms with Gasteiger partial charge in [0.1, 0.15) is 0 Å². The molecule has 0 bridgehead atoms. The Morgan fingerprint density at radius 3 is 2.53 bits per heavy atom. The molecule has 1 aliphatic heterocycles. The number of hydrogen-bond acceptors (Lipinski definition) is 3. The van der Waals surface area contributed by atoms with Gasteiger partial charge in [0.2, 0.25) is 5.91 Å². The molecule has 0 radical (unpaired) electrons. The van der Waals surface area contributed by atoms with Crippen molar-refractivity contribution < 1.29 is 4.79 Å². The van der Waals surface area contributed by atoms with Crippen molar-refractivity contribution in [3.05, 3.63) is 0 Å². The van der Waals surface area contributed by atoms with Crippen LogP contribution in [0.25, 0.3) is 0 Å². The Morgan fingerprint density at radius 2 is 2.07 bits per heavy atom. The van der Waals surface area contributed by atoms with Crippen molar-refractivity contribution in [2.24, 2.45) is 0 Å². The lowest BCUT2D eigenvalue weighted by molar-refractivity contribution is -0.132. The Labute approximate surface area is 98.2 Å². The molecule has 0 spiro atoms. The van der Waals surface area contributed by atoms with E-state index in [-0.39, 0.29) is 5.91 Å². The van der Waals surface area contributed by atoms with Gasteiger partial charge >= 0.3 is 0 Å². The van der Waals surface area contributed by atoms with Crippen molar-refractivity contribution in [3.63, 3.8) is 0 Å². The molecule has 4 heteroatoms. The Morgan fingerprint density at radius 1 is 1.47 bits per heavy atom. The van der Waals surface area contributed by atoms with Gasteiger partial charge in [0.05, 0.1) is 0 Å². The zero-order valence-electron chi connectivity index (χ0n) is 9.78. The molecule has 0 aliphatic carbocycles. The van der Waals surface area contributed by atoms with Crippen LogP contribution in [-0.4, -0.2) is 54.2 Å². The van der Waals surface area contributed by atoms with E-state index in [4.69, 9.17) is 0 Å². The second kappa shape index (κ2) is 6.38. The monoisotopic (exact) mass is 230 g/mol. The van der Waals surface area contributed by atoms with Crippen LogP contribution in [0.5, 0.6) is 0 Å². The molecule has 1 fully saturated rings. The van der Waals surface area contributed by atoms with Crippen LogP contribution >= 0.6 is 12.6 Å². The molecule has 1 saturated heterocycles. The molecule has 0 atom stereocenters. The van der Waals surface area contributed by atoms with E-state index >= 15 is 0 Å². The van der Waals surface area contributed by atoms with Crippen molar-refractivity contribution in [2.45, 2.75) is 32.2 Å². The summed E-state index contributed by atoms with van der Waals surface area (Å²) in [5, 5.41) is 0. The number of carbonyl (C=O) groups excluding carboxylic acids is 1. The number of hydrogen-bond donors (Lipinski definition) is 1. The fraction of sp³-hybridized carbons (Fsp3) is 0.909. The molecule has 0 saturated carbocycles. The van der Waals surface area contributed by atoms with Crippen molar-refractivity contribution in [1.29, 1.82) is 0 Å². The largest absolute Gasteiger partial charge is 0.343 e. The zero-order valence-corrected chi connectivity index (χ0v) is 10.7. The van der Waals surface area contributed by atoms with E-state index in [1.807, 2.05) is 11.9 Å². The van der Waals surface area contributed by atoms with Gasteiger partial charge in [-0.1, -0.05) is 6.92 Å². The minimum atomic E-state index is 0.236. The predicted octanol–water partition coefficient (Wildman–Crippen LogP) is 1.25. The van der Waals surface area contributed by atoms with Crippen molar-refractivity contribution in [2.75, 3.05) is 32.4 Å². The van der Waals surface area contributed by atoms with Crippen LogP contribution < -0.4 is 0 Å². The molecule has 0 aromatic rings. The van der Waals surface area contributed by atoms with Gasteiger partial charge in [-0.25, -0.2) is 0 Å². The van der Waals surface area contributed by atoms with Crippen molar-refractivity contribution in [1.82, 2.24) is 9.80 Å². The number of rotatable bonds is 4. The van der Waals surface area contributed by atoms with E-state index in [2.05, 4.69) is 24.5 Å². The molecular formula is C11H22N2OS. The normalized spacial score (nSPS) is 19.1. The topological polar surface area (TPSA) is 23.6 Å². The van der Waals surface area contributed by atoms with Crippen LogP contribution in [0.3, 0.4) is 0 Å². The maximum atomic E-state index is 11.7. The highest BCUT2D eigenvalue weighted by Crippen LogP contribution is 2.15. The Bertz CT molecular complexity index is 203. The van der Waals surface area contributed by atoms with Gasteiger partial charge in [0.25, 0.3) is 0 Å². The predicted molar refractivity (Wildman–Crippen MR) is 66.4 cm³/mol. The highest BCUT2D eigenvalue weighted by molar-refractivity contribution is 7.80. The third-order valence-corrected chi connectivity index (χ3v) is 3.49. The smallest absolute Gasteiger partial charge is 0.223 e. The SMILES string of the molecule is CCN1CCC(N(C)C(=O)CCS)CC1. The lowest BCUT2D eigenvalue weighted by Crippen LogP contribution is -2.45. The highest BCUT2D eigenvalue weighted by Gasteiger charge is 2.23. The van der Waals surface area contributed by atoms with Gasteiger partial charge in [0, 0.05) is 32.6 Å². The molecule has 0 aromatic carbocycles. The van der Waals surface area contributed by atoms with Crippen LogP contribution in [0.4, 0.5) is 0 Å². The maximum Gasteiger partial charge on any atom is 0.223 e. The summed E-state index contributed by atoms with van der Waals surface area (Å²) in [7, 11) is 1.93. The lowest BCUT2D eigenvalue weighted by Gasteiger charge is -2.36. The van der Waals surface area contributed by atoms with Gasteiger partial charge in [0.15, 0.2) is 0 Å². The quantitative estimate of drug-likeness (QED) is 0.735. The highest BCUT2D eigenvalue weighted by atomic mass is 32.1. The van der Waals surface area contributed by atoms with Gasteiger partial charge in [-0.2, -0.15) is 12.6 Å². The first kappa shape index (κ1) is 12.8. The fourth-order valence-electron chi connectivity index (χ4n) is 2.10. The molecule has 0 N–H and O–H groups in total. The maximum absolute atomic E-state index is 11.7. The lowest BCUT2D eigenvalue weighted by atomic mass is 10.0. The summed E-state index contributed by atoms with van der Waals surface area (Å²) >= 11 is 4.09. The van der Waals surface area contributed by atoms with E-state index in [9.17, 15) is 4.79 Å². The molecule has 0 aromatic heterocycles. The average molecular weight is 230 g/mol. The minimum Gasteiger partial charge on any atom is -0.343 e. The molecular weight excluding hydrogens is 208 g/mol.